The number of nitrogens with one attached hydrogen (secondary N) is 1. The molecule has 1 amide bonds. The second kappa shape index (κ2) is 9.75. The molecule has 3 aromatic carbocycles. The van der Waals surface area contributed by atoms with Crippen LogP contribution in [0.4, 0.5) is 0 Å². The van der Waals surface area contributed by atoms with Gasteiger partial charge in [-0.15, -0.1) is 0 Å². The fourth-order valence-electron chi connectivity index (χ4n) is 2.56. The number of phenols is 1. The van der Waals surface area contributed by atoms with Crippen LogP contribution in [0.5, 0.6) is 17.2 Å². The molecule has 0 unspecified atom stereocenters. The quantitative estimate of drug-likeness (QED) is 0.410. The second-order valence-corrected chi connectivity index (χ2v) is 6.88. The van der Waals surface area contributed by atoms with Gasteiger partial charge in [-0.25, -0.2) is 5.43 Å². The topological polar surface area (TPSA) is 80.2 Å². The van der Waals surface area contributed by atoms with Crippen molar-refractivity contribution in [3.63, 3.8) is 0 Å². The number of phenolic OH excluding ortho intramolecular Hbond substituents is 1. The number of carbonyl (C=O) groups excluding carboxylic acids is 1. The minimum absolute atomic E-state index is 0.000341. The zero-order chi connectivity index (χ0) is 20.6. The number of aromatic hydroxyl groups is 1. The van der Waals surface area contributed by atoms with Crippen LogP contribution in [0.15, 0.2) is 76.3 Å². The van der Waals surface area contributed by atoms with E-state index in [2.05, 4.69) is 26.5 Å². The SMILES string of the molecule is COc1cc(/C=N\NC(=O)COc2ccc(-c3ccccc3)cc2)cc(Br)c1O. The first kappa shape index (κ1) is 20.4. The Balaban J connectivity index is 1.51. The molecule has 3 rings (SSSR count). The van der Waals surface area contributed by atoms with Gasteiger partial charge in [-0.2, -0.15) is 5.10 Å². The van der Waals surface area contributed by atoms with Gasteiger partial charge in [0.25, 0.3) is 5.91 Å². The predicted octanol–water partition coefficient (Wildman–Crippen LogP) is 4.36. The van der Waals surface area contributed by atoms with Crippen molar-refractivity contribution in [1.29, 1.82) is 0 Å². The van der Waals surface area contributed by atoms with E-state index in [1.807, 2.05) is 54.6 Å². The average molecular weight is 455 g/mol. The van der Waals surface area contributed by atoms with Crippen molar-refractivity contribution in [2.24, 2.45) is 5.10 Å². The van der Waals surface area contributed by atoms with Crippen molar-refractivity contribution in [3.8, 4) is 28.4 Å². The van der Waals surface area contributed by atoms with Crippen molar-refractivity contribution in [1.82, 2.24) is 5.43 Å². The molecule has 29 heavy (non-hydrogen) atoms. The summed E-state index contributed by atoms with van der Waals surface area (Å²) < 4.78 is 11.0. The van der Waals surface area contributed by atoms with E-state index in [1.54, 1.807) is 12.1 Å². The van der Waals surface area contributed by atoms with Crippen LogP contribution in [0.25, 0.3) is 11.1 Å². The lowest BCUT2D eigenvalue weighted by atomic mass is 10.1. The Morgan fingerprint density at radius 3 is 2.48 bits per heavy atom. The zero-order valence-corrected chi connectivity index (χ0v) is 17.2. The number of rotatable bonds is 7. The molecule has 0 radical (unpaired) electrons. The van der Waals surface area contributed by atoms with Gasteiger partial charge in [-0.05, 0) is 56.9 Å². The maximum absolute atomic E-state index is 11.9. The number of halogens is 1. The molecule has 0 saturated heterocycles. The van der Waals surface area contributed by atoms with Crippen LogP contribution >= 0.6 is 15.9 Å². The van der Waals surface area contributed by atoms with Gasteiger partial charge in [0, 0.05) is 0 Å². The summed E-state index contributed by atoms with van der Waals surface area (Å²) in [6.07, 6.45) is 1.44. The molecule has 0 saturated carbocycles. The Morgan fingerprint density at radius 1 is 1.10 bits per heavy atom. The van der Waals surface area contributed by atoms with Crippen molar-refractivity contribution in [3.05, 3.63) is 76.8 Å². The highest BCUT2D eigenvalue weighted by Crippen LogP contribution is 2.34. The van der Waals surface area contributed by atoms with E-state index in [0.717, 1.165) is 11.1 Å². The molecule has 0 bridgehead atoms. The van der Waals surface area contributed by atoms with Crippen LogP contribution in [0, 0.1) is 0 Å². The Bertz CT molecular complexity index is 1010. The van der Waals surface area contributed by atoms with Crippen LogP contribution in [0.2, 0.25) is 0 Å². The monoisotopic (exact) mass is 454 g/mol. The zero-order valence-electron chi connectivity index (χ0n) is 15.6. The lowest BCUT2D eigenvalue weighted by molar-refractivity contribution is -0.123. The standard InChI is InChI=1S/C22H19BrN2O4/c1-28-20-12-15(11-19(23)22(20)27)13-24-25-21(26)14-29-18-9-7-17(8-10-18)16-5-3-2-4-6-16/h2-13,27H,14H2,1H3,(H,25,26)/b24-13-. The maximum Gasteiger partial charge on any atom is 0.277 e. The van der Waals surface area contributed by atoms with E-state index in [1.165, 1.54) is 13.3 Å². The van der Waals surface area contributed by atoms with Gasteiger partial charge in [-0.1, -0.05) is 42.5 Å². The summed E-state index contributed by atoms with van der Waals surface area (Å²) in [5.74, 6) is 0.504. The van der Waals surface area contributed by atoms with Gasteiger partial charge in [0.1, 0.15) is 5.75 Å². The predicted molar refractivity (Wildman–Crippen MR) is 115 cm³/mol. The summed E-state index contributed by atoms with van der Waals surface area (Å²) in [5.41, 5.74) is 5.23. The smallest absolute Gasteiger partial charge is 0.277 e. The van der Waals surface area contributed by atoms with E-state index in [9.17, 15) is 9.90 Å². The highest BCUT2D eigenvalue weighted by atomic mass is 79.9. The number of ether oxygens (including phenoxy) is 2. The molecule has 0 aliphatic carbocycles. The highest BCUT2D eigenvalue weighted by Gasteiger charge is 2.08. The number of hydrogen-bond donors (Lipinski definition) is 2. The van der Waals surface area contributed by atoms with Crippen LogP contribution in [-0.2, 0) is 4.79 Å². The van der Waals surface area contributed by atoms with Crippen molar-refractivity contribution in [2.45, 2.75) is 0 Å². The molecular weight excluding hydrogens is 436 g/mol. The Kier molecular flexibility index (Phi) is 6.86. The van der Waals surface area contributed by atoms with Crippen LogP contribution in [-0.4, -0.2) is 30.9 Å². The molecule has 0 heterocycles. The largest absolute Gasteiger partial charge is 0.503 e. The Hall–Kier alpha value is -3.32. The molecule has 0 atom stereocenters. The molecule has 0 spiro atoms. The van der Waals surface area contributed by atoms with Gasteiger partial charge in [0.2, 0.25) is 0 Å². The molecule has 6 nitrogen and oxygen atoms in total. The first-order valence-electron chi connectivity index (χ1n) is 8.73. The number of hydrazone groups is 1. The molecule has 3 aromatic rings. The van der Waals surface area contributed by atoms with Crippen LogP contribution in [0.3, 0.4) is 0 Å². The number of benzene rings is 3. The number of methoxy groups -OCH3 is 1. The normalized spacial score (nSPS) is 10.7. The summed E-state index contributed by atoms with van der Waals surface area (Å²) in [5, 5.41) is 13.7. The molecule has 7 heteroatoms. The van der Waals surface area contributed by atoms with Gasteiger partial charge < -0.3 is 14.6 Å². The summed E-state index contributed by atoms with van der Waals surface area (Å²) >= 11 is 3.23. The molecule has 2 N–H and O–H groups in total. The molecule has 0 aliphatic heterocycles. The lowest BCUT2D eigenvalue weighted by Gasteiger charge is -2.07. The van der Waals surface area contributed by atoms with E-state index in [-0.39, 0.29) is 12.4 Å². The molecule has 148 valence electrons. The van der Waals surface area contributed by atoms with Crippen molar-refractivity contribution in [2.75, 3.05) is 13.7 Å². The van der Waals surface area contributed by atoms with Crippen molar-refractivity contribution < 1.29 is 19.4 Å². The third-order valence-electron chi connectivity index (χ3n) is 4.00. The van der Waals surface area contributed by atoms with E-state index < -0.39 is 5.91 Å². The van der Waals surface area contributed by atoms with Gasteiger partial charge in [0.15, 0.2) is 18.1 Å². The first-order valence-corrected chi connectivity index (χ1v) is 9.53. The number of amides is 1. The van der Waals surface area contributed by atoms with Crippen molar-refractivity contribution >= 4 is 28.1 Å². The number of carbonyl (C=O) groups is 1. The third kappa shape index (κ3) is 5.58. The Morgan fingerprint density at radius 2 is 1.79 bits per heavy atom. The van der Waals surface area contributed by atoms with E-state index in [0.29, 0.717) is 21.5 Å². The van der Waals surface area contributed by atoms with Crippen LogP contribution in [0.1, 0.15) is 5.56 Å². The molecule has 0 aromatic heterocycles. The fourth-order valence-corrected chi connectivity index (χ4v) is 3.02. The lowest BCUT2D eigenvalue weighted by Crippen LogP contribution is -2.24. The average Bonchev–Trinajstić information content (AvgIpc) is 2.75. The highest BCUT2D eigenvalue weighted by molar-refractivity contribution is 9.10. The number of hydrogen-bond acceptors (Lipinski definition) is 5. The van der Waals surface area contributed by atoms with Gasteiger partial charge in [0.05, 0.1) is 17.8 Å². The molecule has 0 aliphatic rings. The summed E-state index contributed by atoms with van der Waals surface area (Å²) in [7, 11) is 1.45. The minimum Gasteiger partial charge on any atom is -0.503 e. The minimum atomic E-state index is -0.391. The summed E-state index contributed by atoms with van der Waals surface area (Å²) in [6.45, 7) is -0.162. The third-order valence-corrected chi connectivity index (χ3v) is 4.61. The van der Waals surface area contributed by atoms with Gasteiger partial charge in [-0.3, -0.25) is 4.79 Å². The van der Waals surface area contributed by atoms with Crippen LogP contribution < -0.4 is 14.9 Å². The Labute approximate surface area is 176 Å². The first-order chi connectivity index (χ1) is 14.1. The van der Waals surface area contributed by atoms with Gasteiger partial charge >= 0.3 is 0 Å². The van der Waals surface area contributed by atoms with E-state index in [4.69, 9.17) is 9.47 Å². The second-order valence-electron chi connectivity index (χ2n) is 6.03. The summed E-state index contributed by atoms with van der Waals surface area (Å²) in [6, 6.07) is 20.8. The number of nitrogens with zero attached hydrogens (tertiary/aromatic N) is 1. The molecular formula is C22H19BrN2O4. The van der Waals surface area contributed by atoms with E-state index >= 15 is 0 Å². The fraction of sp³-hybridized carbons (Fsp3) is 0.0909. The maximum atomic E-state index is 11.9. The molecule has 0 fully saturated rings. The summed E-state index contributed by atoms with van der Waals surface area (Å²) in [4.78, 5) is 11.9.